The number of carboxylic acid groups (broad SMARTS) is 1. The number of carbonyl (C=O) groups is 3. The molecule has 5 rings (SSSR count). The van der Waals surface area contributed by atoms with Gasteiger partial charge in [0.25, 0.3) is 0 Å². The number of fused-ring (bicyclic) bond motifs is 4. The number of carbonyl (C=O) groups excluding carboxylic acids is 2. The molecular formula is C28H28N2O5. The first-order valence-electron chi connectivity index (χ1n) is 12.0. The lowest BCUT2D eigenvalue weighted by Crippen LogP contribution is -2.56. The molecule has 2 aromatic rings. The van der Waals surface area contributed by atoms with Gasteiger partial charge in [-0.3, -0.25) is 9.59 Å². The Balaban J connectivity index is 1.18. The first-order chi connectivity index (χ1) is 17.0. The van der Waals surface area contributed by atoms with Crippen molar-refractivity contribution >= 4 is 18.0 Å². The summed E-state index contributed by atoms with van der Waals surface area (Å²) in [7, 11) is 0. The smallest absolute Gasteiger partial charge is 0.407 e. The Labute approximate surface area is 204 Å². The van der Waals surface area contributed by atoms with Crippen molar-refractivity contribution in [2.45, 2.75) is 43.7 Å². The quantitative estimate of drug-likeness (QED) is 0.535. The van der Waals surface area contributed by atoms with E-state index in [0.29, 0.717) is 18.8 Å². The minimum Gasteiger partial charge on any atom is -0.481 e. The van der Waals surface area contributed by atoms with E-state index in [0.717, 1.165) is 28.7 Å². The maximum absolute atomic E-state index is 12.9. The topological polar surface area (TPSA) is 105 Å². The molecule has 2 unspecified atom stereocenters. The van der Waals surface area contributed by atoms with Crippen LogP contribution in [0, 0.1) is 30.1 Å². The van der Waals surface area contributed by atoms with Gasteiger partial charge in [0.2, 0.25) is 5.91 Å². The predicted octanol–water partition coefficient (Wildman–Crippen LogP) is 3.53. The number of rotatable bonds is 7. The van der Waals surface area contributed by atoms with Crippen LogP contribution in [-0.4, -0.2) is 41.8 Å². The minimum absolute atomic E-state index is 0.0363. The summed E-state index contributed by atoms with van der Waals surface area (Å²) in [5.41, 5.74) is 4.49. The highest BCUT2D eigenvalue weighted by Crippen LogP contribution is 2.49. The molecule has 0 heterocycles. The molecule has 180 valence electrons. The van der Waals surface area contributed by atoms with Crippen molar-refractivity contribution in [1.82, 2.24) is 10.6 Å². The summed E-state index contributed by atoms with van der Waals surface area (Å²) in [6.45, 7) is 0.146. The minimum atomic E-state index is -0.911. The highest BCUT2D eigenvalue weighted by molar-refractivity contribution is 5.86. The highest BCUT2D eigenvalue weighted by atomic mass is 16.5. The van der Waals surface area contributed by atoms with Gasteiger partial charge < -0.3 is 20.5 Å². The molecule has 7 nitrogen and oxygen atoms in total. The lowest BCUT2D eigenvalue weighted by molar-refractivity contribution is -0.141. The molecule has 2 fully saturated rings. The summed E-state index contributed by atoms with van der Waals surface area (Å²) in [6, 6.07) is 15.1. The molecule has 0 aromatic heterocycles. The lowest BCUT2D eigenvalue weighted by Gasteiger charge is -2.41. The van der Waals surface area contributed by atoms with Crippen LogP contribution in [0.4, 0.5) is 4.79 Å². The molecule has 0 spiro atoms. The van der Waals surface area contributed by atoms with E-state index in [1.165, 1.54) is 0 Å². The zero-order valence-electron chi connectivity index (χ0n) is 19.3. The largest absolute Gasteiger partial charge is 0.481 e. The monoisotopic (exact) mass is 472 g/mol. The van der Waals surface area contributed by atoms with Crippen molar-refractivity contribution in [1.29, 1.82) is 0 Å². The summed E-state index contributed by atoms with van der Waals surface area (Å²) in [6.07, 6.45) is 6.79. The molecule has 5 atom stereocenters. The predicted molar refractivity (Wildman–Crippen MR) is 129 cm³/mol. The van der Waals surface area contributed by atoms with E-state index in [1.807, 2.05) is 36.4 Å². The number of hydrogen-bond donors (Lipinski definition) is 3. The second-order valence-electron chi connectivity index (χ2n) is 9.71. The number of ether oxygens (including phenoxy) is 1. The Bertz CT molecular complexity index is 1160. The van der Waals surface area contributed by atoms with Crippen LogP contribution in [0.1, 0.15) is 42.7 Å². The van der Waals surface area contributed by atoms with Crippen LogP contribution < -0.4 is 10.6 Å². The van der Waals surface area contributed by atoms with Crippen LogP contribution in [0.2, 0.25) is 0 Å². The van der Waals surface area contributed by atoms with Gasteiger partial charge in [0, 0.05) is 18.4 Å². The van der Waals surface area contributed by atoms with Gasteiger partial charge in [0.1, 0.15) is 12.6 Å². The summed E-state index contributed by atoms with van der Waals surface area (Å²) in [5, 5.41) is 14.9. The standard InChI is InChI=1S/C28H28N2O5/c1-2-7-24(26(31)29-25-14-16-12-17(27(32)33)13-22(16)25)30-28(34)35-15-23-20-10-5-3-8-18(20)19-9-4-6-11-21(19)23/h1,3-6,8-11,16-17,22-25H,7,12-15H2,(H,29,31)(H,30,34)(H,32,33)/t16-,17?,22-,24?,25+/m1/s1. The van der Waals surface area contributed by atoms with E-state index in [-0.39, 0.29) is 42.7 Å². The summed E-state index contributed by atoms with van der Waals surface area (Å²) in [5.74, 6) is 1.40. The Hall–Kier alpha value is -3.79. The number of hydrogen-bond acceptors (Lipinski definition) is 4. The molecule has 3 aliphatic rings. The number of benzene rings is 2. The van der Waals surface area contributed by atoms with Crippen LogP contribution in [0.3, 0.4) is 0 Å². The van der Waals surface area contributed by atoms with Crippen LogP contribution >= 0.6 is 0 Å². The van der Waals surface area contributed by atoms with E-state index in [4.69, 9.17) is 11.2 Å². The molecule has 3 aliphatic carbocycles. The van der Waals surface area contributed by atoms with Crippen molar-refractivity contribution in [3.8, 4) is 23.5 Å². The number of nitrogens with one attached hydrogen (secondary N) is 2. The zero-order chi connectivity index (χ0) is 24.5. The van der Waals surface area contributed by atoms with Crippen molar-refractivity contribution in [2.75, 3.05) is 6.61 Å². The van der Waals surface area contributed by atoms with E-state index >= 15 is 0 Å². The first kappa shape index (κ1) is 23.0. The average molecular weight is 473 g/mol. The van der Waals surface area contributed by atoms with Crippen LogP contribution in [0.25, 0.3) is 11.1 Å². The van der Waals surface area contributed by atoms with E-state index in [9.17, 15) is 19.5 Å². The fourth-order valence-corrected chi connectivity index (χ4v) is 5.99. The van der Waals surface area contributed by atoms with E-state index in [1.54, 1.807) is 0 Å². The van der Waals surface area contributed by atoms with Gasteiger partial charge in [0.05, 0.1) is 5.92 Å². The molecule has 3 N–H and O–H groups in total. The molecule has 0 saturated heterocycles. The normalized spacial score (nSPS) is 24.7. The zero-order valence-corrected chi connectivity index (χ0v) is 19.3. The maximum Gasteiger partial charge on any atom is 0.407 e. The molecular weight excluding hydrogens is 444 g/mol. The van der Waals surface area contributed by atoms with Gasteiger partial charge in [-0.2, -0.15) is 0 Å². The second kappa shape index (κ2) is 9.46. The van der Waals surface area contributed by atoms with Gasteiger partial charge in [-0.25, -0.2) is 4.79 Å². The number of aliphatic carboxylic acids is 1. The summed E-state index contributed by atoms with van der Waals surface area (Å²) >= 11 is 0. The number of terminal acetylenes is 1. The lowest BCUT2D eigenvalue weighted by atomic mass is 9.71. The van der Waals surface area contributed by atoms with Gasteiger partial charge in [-0.1, -0.05) is 48.5 Å². The molecule has 0 aliphatic heterocycles. The number of carboxylic acids is 1. The number of alkyl carbamates (subject to hydrolysis) is 1. The van der Waals surface area contributed by atoms with Crippen molar-refractivity contribution in [3.63, 3.8) is 0 Å². The highest BCUT2D eigenvalue weighted by Gasteiger charge is 2.50. The third kappa shape index (κ3) is 4.37. The molecule has 0 bridgehead atoms. The fourth-order valence-electron chi connectivity index (χ4n) is 5.99. The van der Waals surface area contributed by atoms with Crippen LogP contribution in [-0.2, 0) is 14.3 Å². The van der Waals surface area contributed by atoms with Gasteiger partial charge >= 0.3 is 12.1 Å². The average Bonchev–Trinajstić information content (AvgIpc) is 3.36. The Morgan fingerprint density at radius 1 is 1.03 bits per heavy atom. The SMILES string of the molecule is C#CCC(NC(=O)OCC1c2ccccc2-c2ccccc21)C(=O)N[C@H]1C[C@H]2CC(C(=O)O)C[C@H]21. The van der Waals surface area contributed by atoms with Crippen molar-refractivity contribution < 1.29 is 24.2 Å². The molecule has 2 amide bonds. The van der Waals surface area contributed by atoms with Gasteiger partial charge in [-0.05, 0) is 53.4 Å². The Morgan fingerprint density at radius 3 is 2.31 bits per heavy atom. The van der Waals surface area contributed by atoms with Crippen molar-refractivity contribution in [3.05, 3.63) is 59.7 Å². The second-order valence-corrected chi connectivity index (χ2v) is 9.71. The third-order valence-electron chi connectivity index (χ3n) is 7.77. The van der Waals surface area contributed by atoms with Crippen LogP contribution in [0.15, 0.2) is 48.5 Å². The molecule has 35 heavy (non-hydrogen) atoms. The Kier molecular flexibility index (Phi) is 6.21. The molecule has 2 saturated carbocycles. The molecule has 0 radical (unpaired) electrons. The third-order valence-corrected chi connectivity index (χ3v) is 7.77. The first-order valence-corrected chi connectivity index (χ1v) is 12.0. The molecule has 2 aromatic carbocycles. The van der Waals surface area contributed by atoms with Crippen LogP contribution in [0.5, 0.6) is 0 Å². The maximum atomic E-state index is 12.9. The summed E-state index contributed by atoms with van der Waals surface area (Å²) < 4.78 is 5.56. The van der Waals surface area contributed by atoms with Gasteiger partial charge in [-0.15, -0.1) is 12.3 Å². The number of amides is 2. The summed E-state index contributed by atoms with van der Waals surface area (Å²) in [4.78, 5) is 36.8. The molecule has 7 heteroatoms. The van der Waals surface area contributed by atoms with Gasteiger partial charge in [0.15, 0.2) is 0 Å². The van der Waals surface area contributed by atoms with E-state index in [2.05, 4.69) is 28.7 Å². The fraction of sp³-hybridized carbons (Fsp3) is 0.393. The Morgan fingerprint density at radius 2 is 1.69 bits per heavy atom. The van der Waals surface area contributed by atoms with Crippen molar-refractivity contribution in [2.24, 2.45) is 17.8 Å². The van der Waals surface area contributed by atoms with E-state index < -0.39 is 18.1 Å².